The number of halogens is 1. The van der Waals surface area contributed by atoms with E-state index < -0.39 is 0 Å². The van der Waals surface area contributed by atoms with Crippen molar-refractivity contribution in [2.75, 3.05) is 5.88 Å². The van der Waals surface area contributed by atoms with E-state index in [9.17, 15) is 9.59 Å². The third-order valence-corrected chi connectivity index (χ3v) is 1.72. The van der Waals surface area contributed by atoms with E-state index in [1.807, 2.05) is 0 Å². The van der Waals surface area contributed by atoms with Crippen LogP contribution in [0.25, 0.3) is 0 Å². The number of aromatic nitrogens is 2. The summed E-state index contributed by atoms with van der Waals surface area (Å²) < 4.78 is 2.45. The fraction of sp³-hybridized carbons (Fsp3) is 0.429. The normalized spacial score (nSPS) is 10.2. The van der Waals surface area contributed by atoms with Gasteiger partial charge in [0.25, 0.3) is 5.56 Å². The Kier molecular flexibility index (Phi) is 2.70. The fourth-order valence-electron chi connectivity index (χ4n) is 0.904. The summed E-state index contributed by atoms with van der Waals surface area (Å²) in [6, 6.07) is 1.34. The maximum absolute atomic E-state index is 11.2. The lowest BCUT2D eigenvalue weighted by Gasteiger charge is -2.02. The van der Waals surface area contributed by atoms with E-state index in [1.54, 1.807) is 7.05 Å². The molecule has 0 aliphatic carbocycles. The SMILES string of the molecule is Cn1ccc(=O)n(CCCl)c1=O. The Bertz CT molecular complexity index is 380. The third-order valence-electron chi connectivity index (χ3n) is 1.55. The van der Waals surface area contributed by atoms with Gasteiger partial charge in [-0.05, 0) is 0 Å². The molecule has 1 heterocycles. The molecule has 66 valence electrons. The Balaban J connectivity index is 3.34. The highest BCUT2D eigenvalue weighted by atomic mass is 35.5. The summed E-state index contributed by atoms with van der Waals surface area (Å²) in [5, 5.41) is 0. The Labute approximate surface area is 74.0 Å². The maximum atomic E-state index is 11.2. The third kappa shape index (κ3) is 1.58. The highest BCUT2D eigenvalue weighted by Gasteiger charge is 2.00. The van der Waals surface area contributed by atoms with Gasteiger partial charge < -0.3 is 4.57 Å². The van der Waals surface area contributed by atoms with Gasteiger partial charge in [-0.25, -0.2) is 4.79 Å². The van der Waals surface area contributed by atoms with E-state index >= 15 is 0 Å². The van der Waals surface area contributed by atoms with Gasteiger partial charge in [0.1, 0.15) is 0 Å². The molecule has 0 spiro atoms. The van der Waals surface area contributed by atoms with Gasteiger partial charge in [0.15, 0.2) is 0 Å². The van der Waals surface area contributed by atoms with Crippen LogP contribution in [0.5, 0.6) is 0 Å². The van der Waals surface area contributed by atoms with Crippen molar-refractivity contribution in [3.63, 3.8) is 0 Å². The standard InChI is InChI=1S/C7H9ClN2O2/c1-9-4-2-6(11)10(5-3-8)7(9)12/h2,4H,3,5H2,1H3. The Morgan fingerprint density at radius 3 is 2.75 bits per heavy atom. The predicted molar refractivity (Wildman–Crippen MR) is 46.7 cm³/mol. The molecule has 0 saturated heterocycles. The number of aryl methyl sites for hydroxylation is 1. The zero-order valence-electron chi connectivity index (χ0n) is 6.66. The Morgan fingerprint density at radius 2 is 2.17 bits per heavy atom. The summed E-state index contributed by atoms with van der Waals surface area (Å²) in [5.74, 6) is 0.263. The van der Waals surface area contributed by atoms with Crippen molar-refractivity contribution < 1.29 is 0 Å². The molecule has 0 aromatic carbocycles. The summed E-state index contributed by atoms with van der Waals surface area (Å²) >= 11 is 5.42. The van der Waals surface area contributed by atoms with Crippen molar-refractivity contribution in [3.8, 4) is 0 Å². The minimum absolute atomic E-state index is 0.258. The quantitative estimate of drug-likeness (QED) is 0.603. The van der Waals surface area contributed by atoms with Crippen LogP contribution >= 0.6 is 11.6 Å². The summed E-state index contributed by atoms with van der Waals surface area (Å²) in [7, 11) is 1.59. The molecule has 0 amide bonds. The average Bonchev–Trinajstić information content (AvgIpc) is 2.06. The first-order valence-electron chi connectivity index (χ1n) is 3.49. The summed E-state index contributed by atoms with van der Waals surface area (Å²) in [4.78, 5) is 22.3. The van der Waals surface area contributed by atoms with E-state index in [1.165, 1.54) is 16.8 Å². The van der Waals surface area contributed by atoms with Gasteiger partial charge >= 0.3 is 5.69 Å². The topological polar surface area (TPSA) is 44.0 Å². The molecule has 0 bridgehead atoms. The Hall–Kier alpha value is -1.03. The molecule has 5 heteroatoms. The minimum Gasteiger partial charge on any atom is -0.303 e. The molecular formula is C7H9ClN2O2. The van der Waals surface area contributed by atoms with Crippen LogP contribution in [0, 0.1) is 0 Å². The van der Waals surface area contributed by atoms with Crippen LogP contribution in [0.3, 0.4) is 0 Å². The first kappa shape index (κ1) is 9.06. The summed E-state index contributed by atoms with van der Waals surface area (Å²) in [5.41, 5.74) is -0.637. The van der Waals surface area contributed by atoms with E-state index in [-0.39, 0.29) is 23.7 Å². The zero-order chi connectivity index (χ0) is 9.14. The number of hydrogen-bond acceptors (Lipinski definition) is 2. The molecule has 1 aromatic heterocycles. The highest BCUT2D eigenvalue weighted by molar-refractivity contribution is 6.17. The predicted octanol–water partition coefficient (Wildman–Crippen LogP) is -0.214. The summed E-state index contributed by atoms with van der Waals surface area (Å²) in [6.45, 7) is 0.258. The van der Waals surface area contributed by atoms with Gasteiger partial charge in [0.05, 0.1) is 0 Å². The minimum atomic E-state index is -0.330. The van der Waals surface area contributed by atoms with Crippen LogP contribution in [0.15, 0.2) is 21.9 Å². The molecule has 0 N–H and O–H groups in total. The molecule has 0 aliphatic rings. The second kappa shape index (κ2) is 3.58. The molecule has 0 atom stereocenters. The van der Waals surface area contributed by atoms with Gasteiger partial charge in [0.2, 0.25) is 0 Å². The molecule has 0 unspecified atom stereocenters. The van der Waals surface area contributed by atoms with Crippen molar-refractivity contribution in [2.45, 2.75) is 6.54 Å². The van der Waals surface area contributed by atoms with Crippen molar-refractivity contribution in [1.29, 1.82) is 0 Å². The van der Waals surface area contributed by atoms with Crippen LogP contribution in [-0.2, 0) is 13.6 Å². The van der Waals surface area contributed by atoms with Gasteiger partial charge in [-0.15, -0.1) is 11.6 Å². The van der Waals surface area contributed by atoms with Gasteiger partial charge in [-0.3, -0.25) is 9.36 Å². The monoisotopic (exact) mass is 188 g/mol. The van der Waals surface area contributed by atoms with E-state index in [4.69, 9.17) is 11.6 Å². The molecule has 0 radical (unpaired) electrons. The second-order valence-corrected chi connectivity index (χ2v) is 2.77. The lowest BCUT2D eigenvalue weighted by molar-refractivity contribution is 0.624. The first-order chi connectivity index (χ1) is 5.66. The van der Waals surface area contributed by atoms with Crippen LogP contribution in [0.2, 0.25) is 0 Å². The van der Waals surface area contributed by atoms with E-state index in [2.05, 4.69) is 0 Å². The van der Waals surface area contributed by atoms with Gasteiger partial charge in [-0.1, -0.05) is 0 Å². The number of alkyl halides is 1. The lowest BCUT2D eigenvalue weighted by atomic mass is 10.6. The van der Waals surface area contributed by atoms with Crippen LogP contribution in [0.1, 0.15) is 0 Å². The average molecular weight is 189 g/mol. The van der Waals surface area contributed by atoms with E-state index in [0.29, 0.717) is 0 Å². The molecular weight excluding hydrogens is 180 g/mol. The number of rotatable bonds is 2. The van der Waals surface area contributed by atoms with E-state index in [0.717, 1.165) is 4.57 Å². The molecule has 12 heavy (non-hydrogen) atoms. The second-order valence-electron chi connectivity index (χ2n) is 2.39. The molecule has 1 rings (SSSR count). The van der Waals surface area contributed by atoms with Crippen LogP contribution < -0.4 is 11.2 Å². The van der Waals surface area contributed by atoms with Crippen LogP contribution in [-0.4, -0.2) is 15.0 Å². The maximum Gasteiger partial charge on any atom is 0.330 e. The molecule has 0 saturated carbocycles. The zero-order valence-corrected chi connectivity index (χ0v) is 7.41. The van der Waals surface area contributed by atoms with Gasteiger partial charge in [0, 0.05) is 31.7 Å². The number of nitrogens with zero attached hydrogens (tertiary/aromatic N) is 2. The highest BCUT2D eigenvalue weighted by Crippen LogP contribution is 1.78. The van der Waals surface area contributed by atoms with Crippen molar-refractivity contribution in [2.24, 2.45) is 7.05 Å². The van der Waals surface area contributed by atoms with Crippen molar-refractivity contribution in [3.05, 3.63) is 33.1 Å². The molecule has 4 nitrogen and oxygen atoms in total. The largest absolute Gasteiger partial charge is 0.330 e. The molecule has 0 aliphatic heterocycles. The number of hydrogen-bond donors (Lipinski definition) is 0. The molecule has 0 fully saturated rings. The Morgan fingerprint density at radius 1 is 1.50 bits per heavy atom. The van der Waals surface area contributed by atoms with Gasteiger partial charge in [-0.2, -0.15) is 0 Å². The van der Waals surface area contributed by atoms with Crippen molar-refractivity contribution >= 4 is 11.6 Å². The van der Waals surface area contributed by atoms with Crippen molar-refractivity contribution in [1.82, 2.24) is 9.13 Å². The fourth-order valence-corrected chi connectivity index (χ4v) is 1.07. The first-order valence-corrected chi connectivity index (χ1v) is 4.02. The van der Waals surface area contributed by atoms with Crippen LogP contribution in [0.4, 0.5) is 0 Å². The summed E-state index contributed by atoms with van der Waals surface area (Å²) in [6.07, 6.45) is 1.44. The lowest BCUT2D eigenvalue weighted by Crippen LogP contribution is -2.38. The smallest absolute Gasteiger partial charge is 0.303 e. The molecule has 1 aromatic rings.